The number of hydrogen-bond donors (Lipinski definition) is 0. The van der Waals surface area contributed by atoms with E-state index in [0.29, 0.717) is 30.4 Å². The van der Waals surface area contributed by atoms with Gasteiger partial charge in [-0.2, -0.15) is 0 Å². The molecule has 0 fully saturated rings. The fraction of sp³-hybridized carbons (Fsp3) is 0.333. The number of benzene rings is 2. The van der Waals surface area contributed by atoms with E-state index < -0.39 is 19.9 Å². The van der Waals surface area contributed by atoms with Gasteiger partial charge in [0.2, 0.25) is 19.9 Å². The molecule has 0 radical (unpaired) electrons. The van der Waals surface area contributed by atoms with Gasteiger partial charge in [-0.05, 0) is 50.2 Å². The Labute approximate surface area is 159 Å². The molecule has 0 spiro atoms. The number of hydrogen-bond acceptors (Lipinski definition) is 6. The number of rotatable bonds is 5. The maximum atomic E-state index is 12.9. The van der Waals surface area contributed by atoms with Crippen molar-refractivity contribution in [1.82, 2.24) is 0 Å². The molecule has 3 rings (SSSR count). The lowest BCUT2D eigenvalue weighted by molar-refractivity contribution is 0.171. The minimum atomic E-state index is -3.77. The molecular formula is C18H21NO6S2. The van der Waals surface area contributed by atoms with E-state index in [1.807, 2.05) is 0 Å². The summed E-state index contributed by atoms with van der Waals surface area (Å²) in [5, 5.41) is 0. The van der Waals surface area contributed by atoms with Crippen molar-refractivity contribution in [2.45, 2.75) is 29.7 Å². The zero-order valence-corrected chi connectivity index (χ0v) is 16.9. The normalized spacial score (nSPS) is 14.2. The minimum Gasteiger partial charge on any atom is -0.486 e. The largest absolute Gasteiger partial charge is 0.486 e. The molecule has 0 bridgehead atoms. The average molecular weight is 412 g/mol. The second-order valence-corrected chi connectivity index (χ2v) is 10.3. The van der Waals surface area contributed by atoms with Crippen LogP contribution in [0.25, 0.3) is 0 Å². The summed E-state index contributed by atoms with van der Waals surface area (Å²) in [6.07, 6.45) is 1.12. The highest BCUT2D eigenvalue weighted by Gasteiger charge is 2.24. The van der Waals surface area contributed by atoms with Crippen LogP contribution < -0.4 is 13.8 Å². The van der Waals surface area contributed by atoms with Crippen molar-refractivity contribution in [1.29, 1.82) is 0 Å². The topological polar surface area (TPSA) is 90.0 Å². The first-order chi connectivity index (χ1) is 12.6. The summed E-state index contributed by atoms with van der Waals surface area (Å²) in [5.41, 5.74) is 0.411. The van der Waals surface area contributed by atoms with E-state index in [2.05, 4.69) is 0 Å². The van der Waals surface area contributed by atoms with E-state index in [4.69, 9.17) is 9.47 Å². The lowest BCUT2D eigenvalue weighted by Gasteiger charge is -2.26. The predicted molar refractivity (Wildman–Crippen MR) is 102 cm³/mol. The van der Waals surface area contributed by atoms with Crippen LogP contribution >= 0.6 is 0 Å². The van der Waals surface area contributed by atoms with E-state index in [1.165, 1.54) is 40.7 Å². The van der Waals surface area contributed by atoms with Crippen molar-refractivity contribution >= 4 is 25.5 Å². The molecule has 0 saturated carbocycles. The van der Waals surface area contributed by atoms with Crippen LogP contribution in [0.15, 0.2) is 52.3 Å². The Morgan fingerprint density at radius 1 is 0.852 bits per heavy atom. The summed E-state index contributed by atoms with van der Waals surface area (Å²) in [4.78, 5) is 0.156. The summed E-state index contributed by atoms with van der Waals surface area (Å²) >= 11 is 0. The molecule has 0 unspecified atom stereocenters. The molecule has 1 aliphatic heterocycles. The Bertz CT molecular complexity index is 1040. The summed E-state index contributed by atoms with van der Waals surface area (Å²) in [7, 11) is -7.25. The molecule has 9 heteroatoms. The first-order valence-electron chi connectivity index (χ1n) is 8.35. The fourth-order valence-electron chi connectivity index (χ4n) is 2.97. The molecule has 0 aliphatic carbocycles. The first-order valence-corrected chi connectivity index (χ1v) is 11.7. The molecule has 27 heavy (non-hydrogen) atoms. The standard InChI is InChI=1S/C18H21NO6S2/c1-13(2)19(26(3,20)21)14-4-6-15(7-5-14)27(22,23)16-8-9-17-18(12-16)25-11-10-24-17/h4-9,12-13H,10-11H2,1-3H3. The Hall–Kier alpha value is -2.26. The summed E-state index contributed by atoms with van der Waals surface area (Å²) < 4.78 is 61.9. The lowest BCUT2D eigenvalue weighted by atomic mass is 10.3. The molecule has 0 N–H and O–H groups in total. The predicted octanol–water partition coefficient (Wildman–Crippen LogP) is 2.47. The maximum absolute atomic E-state index is 12.9. The second kappa shape index (κ2) is 7.05. The summed E-state index contributed by atoms with van der Waals surface area (Å²) in [6.45, 7) is 4.29. The molecule has 2 aromatic carbocycles. The van der Waals surface area contributed by atoms with E-state index in [-0.39, 0.29) is 15.8 Å². The molecule has 0 saturated heterocycles. The molecule has 2 aromatic rings. The Kier molecular flexibility index (Phi) is 5.09. The third-order valence-electron chi connectivity index (χ3n) is 4.05. The van der Waals surface area contributed by atoms with Gasteiger partial charge in [-0.15, -0.1) is 0 Å². The molecule has 0 aromatic heterocycles. The maximum Gasteiger partial charge on any atom is 0.232 e. The molecule has 1 aliphatic rings. The number of sulfone groups is 1. The van der Waals surface area contributed by atoms with E-state index in [1.54, 1.807) is 19.9 Å². The van der Waals surface area contributed by atoms with Gasteiger partial charge in [-0.25, -0.2) is 16.8 Å². The van der Waals surface area contributed by atoms with Crippen LogP contribution in [-0.2, 0) is 19.9 Å². The van der Waals surface area contributed by atoms with Crippen LogP contribution in [0.2, 0.25) is 0 Å². The molecular weight excluding hydrogens is 390 g/mol. The van der Waals surface area contributed by atoms with Crippen LogP contribution in [-0.4, -0.2) is 42.3 Å². The van der Waals surface area contributed by atoms with Gasteiger partial charge in [0.1, 0.15) is 13.2 Å². The molecule has 7 nitrogen and oxygen atoms in total. The van der Waals surface area contributed by atoms with E-state index >= 15 is 0 Å². The van der Waals surface area contributed by atoms with Gasteiger partial charge < -0.3 is 9.47 Å². The highest BCUT2D eigenvalue weighted by Crippen LogP contribution is 2.34. The van der Waals surface area contributed by atoms with Crippen LogP contribution in [0, 0.1) is 0 Å². The fourth-order valence-corrected chi connectivity index (χ4v) is 5.52. The molecule has 1 heterocycles. The van der Waals surface area contributed by atoms with Gasteiger partial charge in [0, 0.05) is 12.1 Å². The first kappa shape index (κ1) is 19.5. The zero-order chi connectivity index (χ0) is 19.8. The smallest absolute Gasteiger partial charge is 0.232 e. The monoisotopic (exact) mass is 411 g/mol. The average Bonchev–Trinajstić information content (AvgIpc) is 2.60. The highest BCUT2D eigenvalue weighted by molar-refractivity contribution is 7.92. The molecule has 0 atom stereocenters. The van der Waals surface area contributed by atoms with Crippen LogP contribution in [0.5, 0.6) is 11.5 Å². The molecule has 0 amide bonds. The van der Waals surface area contributed by atoms with Crippen molar-refractivity contribution in [2.24, 2.45) is 0 Å². The number of fused-ring (bicyclic) bond motifs is 1. The van der Waals surface area contributed by atoms with E-state index in [9.17, 15) is 16.8 Å². The Morgan fingerprint density at radius 3 is 1.96 bits per heavy atom. The zero-order valence-electron chi connectivity index (χ0n) is 15.2. The van der Waals surface area contributed by atoms with Gasteiger partial charge in [-0.3, -0.25) is 4.31 Å². The summed E-state index contributed by atoms with van der Waals surface area (Å²) in [5.74, 6) is 0.901. The van der Waals surface area contributed by atoms with Crippen molar-refractivity contribution in [3.8, 4) is 11.5 Å². The van der Waals surface area contributed by atoms with Gasteiger partial charge >= 0.3 is 0 Å². The highest BCUT2D eigenvalue weighted by atomic mass is 32.2. The van der Waals surface area contributed by atoms with Gasteiger partial charge in [0.15, 0.2) is 11.5 Å². The van der Waals surface area contributed by atoms with Crippen molar-refractivity contribution < 1.29 is 26.3 Å². The van der Waals surface area contributed by atoms with Gasteiger partial charge in [0.25, 0.3) is 0 Å². The molecule has 146 valence electrons. The van der Waals surface area contributed by atoms with Crippen molar-refractivity contribution in [3.63, 3.8) is 0 Å². The van der Waals surface area contributed by atoms with Gasteiger partial charge in [0.05, 0.1) is 21.7 Å². The lowest BCUT2D eigenvalue weighted by Crippen LogP contribution is -2.36. The third kappa shape index (κ3) is 3.89. The summed E-state index contributed by atoms with van der Waals surface area (Å²) in [6, 6.07) is 9.98. The third-order valence-corrected chi connectivity index (χ3v) is 7.17. The Morgan fingerprint density at radius 2 is 1.41 bits per heavy atom. The van der Waals surface area contributed by atoms with Crippen molar-refractivity contribution in [3.05, 3.63) is 42.5 Å². The Balaban J connectivity index is 1.96. The van der Waals surface area contributed by atoms with Crippen LogP contribution in [0.1, 0.15) is 13.8 Å². The number of anilines is 1. The second-order valence-electron chi connectivity index (χ2n) is 6.46. The van der Waals surface area contributed by atoms with E-state index in [0.717, 1.165) is 6.26 Å². The number of sulfonamides is 1. The van der Waals surface area contributed by atoms with Crippen molar-refractivity contribution in [2.75, 3.05) is 23.8 Å². The minimum absolute atomic E-state index is 0.0696. The SMILES string of the molecule is CC(C)N(c1ccc(S(=O)(=O)c2ccc3c(c2)OCCO3)cc1)S(C)(=O)=O. The van der Waals surface area contributed by atoms with Gasteiger partial charge in [-0.1, -0.05) is 0 Å². The number of nitrogens with zero attached hydrogens (tertiary/aromatic N) is 1. The van der Waals surface area contributed by atoms with Crippen LogP contribution in [0.3, 0.4) is 0 Å². The number of ether oxygens (including phenoxy) is 2. The van der Waals surface area contributed by atoms with Crippen LogP contribution in [0.4, 0.5) is 5.69 Å². The quantitative estimate of drug-likeness (QED) is 0.751.